The summed E-state index contributed by atoms with van der Waals surface area (Å²) < 4.78 is 43.6. The van der Waals surface area contributed by atoms with E-state index in [0.29, 0.717) is 6.42 Å². The van der Waals surface area contributed by atoms with Crippen LogP contribution in [0.3, 0.4) is 0 Å². The highest BCUT2D eigenvalue weighted by atomic mass is 32.2. The van der Waals surface area contributed by atoms with Gasteiger partial charge in [0.05, 0.1) is 25.4 Å². The first-order valence-corrected chi connectivity index (χ1v) is 7.86. The topological polar surface area (TPSA) is 88.1 Å². The van der Waals surface area contributed by atoms with Crippen molar-refractivity contribution in [3.8, 4) is 0 Å². The molecule has 0 saturated carbocycles. The average molecular weight is 294 g/mol. The van der Waals surface area contributed by atoms with E-state index in [-0.39, 0.29) is 13.2 Å². The molecule has 0 aromatic rings. The molecule has 2 unspecified atom stereocenters. The highest BCUT2D eigenvalue weighted by Gasteiger charge is 2.47. The zero-order valence-electron chi connectivity index (χ0n) is 11.1. The molecule has 2 rings (SSSR count). The second-order valence-electron chi connectivity index (χ2n) is 5.19. The lowest BCUT2D eigenvalue weighted by atomic mass is 9.97. The van der Waals surface area contributed by atoms with E-state index in [1.165, 1.54) is 0 Å². The Bertz CT molecular complexity index is 456. The molecule has 0 N–H and O–H groups in total. The van der Waals surface area contributed by atoms with Crippen molar-refractivity contribution in [2.45, 2.75) is 38.3 Å². The molecular weight excluding hydrogens is 276 g/mol. The van der Waals surface area contributed by atoms with Gasteiger partial charge in [0, 0.05) is 0 Å². The summed E-state index contributed by atoms with van der Waals surface area (Å²) in [4.78, 5) is 11.6. The minimum atomic E-state index is -3.70. The maximum Gasteiger partial charge on any atom is 0.311 e. The van der Waals surface area contributed by atoms with Gasteiger partial charge in [-0.2, -0.15) is 8.42 Å². The van der Waals surface area contributed by atoms with Crippen molar-refractivity contribution in [1.82, 2.24) is 0 Å². The van der Waals surface area contributed by atoms with Gasteiger partial charge >= 0.3 is 5.97 Å². The number of esters is 1. The Kier molecular flexibility index (Phi) is 3.87. The molecule has 3 atom stereocenters. The standard InChI is InChI=1S/C11H18O7S/c1-11(2)16-6-8(17-11)9(18-19(3,13)14)7-4-5-15-10(7)12/h7-9H,4-6H2,1-3H3/t7?,8-,9?/m1/s1. The van der Waals surface area contributed by atoms with Gasteiger partial charge in [0.1, 0.15) is 12.2 Å². The third-order valence-corrected chi connectivity index (χ3v) is 3.63. The van der Waals surface area contributed by atoms with Gasteiger partial charge in [-0.15, -0.1) is 0 Å². The third-order valence-electron chi connectivity index (χ3n) is 3.06. The van der Waals surface area contributed by atoms with Crippen LogP contribution in [0.5, 0.6) is 0 Å². The van der Waals surface area contributed by atoms with Gasteiger partial charge in [-0.1, -0.05) is 0 Å². The monoisotopic (exact) mass is 294 g/mol. The maximum atomic E-state index is 11.6. The van der Waals surface area contributed by atoms with Crippen LogP contribution in [0.1, 0.15) is 20.3 Å². The third kappa shape index (κ3) is 3.65. The van der Waals surface area contributed by atoms with Crippen molar-refractivity contribution in [3.63, 3.8) is 0 Å². The number of carbonyl (C=O) groups is 1. The molecule has 0 amide bonds. The van der Waals surface area contributed by atoms with Crippen molar-refractivity contribution in [2.24, 2.45) is 5.92 Å². The van der Waals surface area contributed by atoms with Crippen LogP contribution in [0.4, 0.5) is 0 Å². The number of rotatable bonds is 4. The second kappa shape index (κ2) is 5.01. The lowest BCUT2D eigenvalue weighted by molar-refractivity contribution is -0.159. The van der Waals surface area contributed by atoms with E-state index in [1.807, 2.05) is 0 Å². The molecule has 8 heteroatoms. The molecule has 2 heterocycles. The predicted molar refractivity (Wildman–Crippen MR) is 63.7 cm³/mol. The van der Waals surface area contributed by atoms with Gasteiger partial charge < -0.3 is 14.2 Å². The summed E-state index contributed by atoms with van der Waals surface area (Å²) in [5.41, 5.74) is 0. The molecule has 19 heavy (non-hydrogen) atoms. The van der Waals surface area contributed by atoms with Crippen LogP contribution in [0, 0.1) is 5.92 Å². The number of hydrogen-bond acceptors (Lipinski definition) is 7. The normalized spacial score (nSPS) is 32.3. The highest BCUT2D eigenvalue weighted by Crippen LogP contribution is 2.32. The molecule has 2 fully saturated rings. The molecule has 0 aromatic heterocycles. The fourth-order valence-corrected chi connectivity index (χ4v) is 2.94. The molecule has 0 aliphatic carbocycles. The Morgan fingerprint density at radius 2 is 2.11 bits per heavy atom. The Morgan fingerprint density at radius 3 is 2.53 bits per heavy atom. The van der Waals surface area contributed by atoms with E-state index in [2.05, 4.69) is 0 Å². The molecule has 2 aliphatic heterocycles. The number of hydrogen-bond donors (Lipinski definition) is 0. The molecule has 110 valence electrons. The summed E-state index contributed by atoms with van der Waals surface area (Å²) >= 11 is 0. The Labute approximate surface area is 112 Å². The Balaban J connectivity index is 2.17. The average Bonchev–Trinajstić information content (AvgIpc) is 2.80. The van der Waals surface area contributed by atoms with Crippen molar-refractivity contribution < 1.29 is 31.6 Å². The SMILES string of the molecule is CC1(C)OC[C@H](C(OS(C)(=O)=O)C2CCOC2=O)O1. The van der Waals surface area contributed by atoms with E-state index in [1.54, 1.807) is 13.8 Å². The molecule has 0 aromatic carbocycles. The zero-order valence-corrected chi connectivity index (χ0v) is 11.9. The first kappa shape index (κ1) is 14.7. The molecule has 0 radical (unpaired) electrons. The first-order chi connectivity index (χ1) is 8.68. The fourth-order valence-electron chi connectivity index (χ4n) is 2.28. The van der Waals surface area contributed by atoms with Crippen LogP contribution in [-0.2, 0) is 33.3 Å². The summed E-state index contributed by atoms with van der Waals surface area (Å²) in [6.45, 7) is 3.88. The van der Waals surface area contributed by atoms with Crippen LogP contribution in [0.15, 0.2) is 0 Å². The minimum absolute atomic E-state index is 0.178. The summed E-state index contributed by atoms with van der Waals surface area (Å²) in [5, 5.41) is 0. The fraction of sp³-hybridized carbons (Fsp3) is 0.909. The largest absolute Gasteiger partial charge is 0.465 e. The number of cyclic esters (lactones) is 1. The van der Waals surface area contributed by atoms with Crippen molar-refractivity contribution in [2.75, 3.05) is 19.5 Å². The number of ether oxygens (including phenoxy) is 3. The summed E-state index contributed by atoms with van der Waals surface area (Å²) in [7, 11) is -3.70. The van der Waals surface area contributed by atoms with Crippen LogP contribution in [0.25, 0.3) is 0 Å². The summed E-state index contributed by atoms with van der Waals surface area (Å²) in [6, 6.07) is 0. The molecule has 0 spiro atoms. The van der Waals surface area contributed by atoms with Gasteiger partial charge in [0.25, 0.3) is 10.1 Å². The predicted octanol–water partition coefficient (Wildman–Crippen LogP) is 0.0458. The number of carbonyl (C=O) groups excluding carboxylic acids is 1. The summed E-state index contributed by atoms with van der Waals surface area (Å²) in [6.07, 6.45) is -0.160. The smallest absolute Gasteiger partial charge is 0.311 e. The van der Waals surface area contributed by atoms with E-state index in [4.69, 9.17) is 18.4 Å². The van der Waals surface area contributed by atoms with Crippen LogP contribution in [-0.4, -0.2) is 51.9 Å². The summed E-state index contributed by atoms with van der Waals surface area (Å²) in [5.74, 6) is -1.91. The molecular formula is C11H18O7S. The quantitative estimate of drug-likeness (QED) is 0.534. The van der Waals surface area contributed by atoms with Crippen molar-refractivity contribution in [1.29, 1.82) is 0 Å². The first-order valence-electron chi connectivity index (χ1n) is 6.05. The van der Waals surface area contributed by atoms with E-state index >= 15 is 0 Å². The lowest BCUT2D eigenvalue weighted by Gasteiger charge is -2.25. The molecule has 2 aliphatic rings. The van der Waals surface area contributed by atoms with Gasteiger partial charge in [0.15, 0.2) is 5.79 Å². The van der Waals surface area contributed by atoms with Crippen LogP contribution in [0.2, 0.25) is 0 Å². The van der Waals surface area contributed by atoms with Crippen molar-refractivity contribution >= 4 is 16.1 Å². The lowest BCUT2D eigenvalue weighted by Crippen LogP contribution is -2.41. The molecule has 0 bridgehead atoms. The highest BCUT2D eigenvalue weighted by molar-refractivity contribution is 7.86. The van der Waals surface area contributed by atoms with E-state index in [9.17, 15) is 13.2 Å². The minimum Gasteiger partial charge on any atom is -0.465 e. The van der Waals surface area contributed by atoms with Crippen molar-refractivity contribution in [3.05, 3.63) is 0 Å². The van der Waals surface area contributed by atoms with E-state index < -0.39 is 40.0 Å². The maximum absolute atomic E-state index is 11.6. The van der Waals surface area contributed by atoms with Gasteiger partial charge in [-0.3, -0.25) is 8.98 Å². The molecule has 7 nitrogen and oxygen atoms in total. The van der Waals surface area contributed by atoms with Crippen LogP contribution >= 0.6 is 0 Å². The zero-order chi connectivity index (χ0) is 14.3. The van der Waals surface area contributed by atoms with Crippen LogP contribution < -0.4 is 0 Å². The van der Waals surface area contributed by atoms with Gasteiger partial charge in [-0.25, -0.2) is 0 Å². The Hall–Kier alpha value is -0.700. The molecule has 2 saturated heterocycles. The van der Waals surface area contributed by atoms with E-state index in [0.717, 1.165) is 6.26 Å². The van der Waals surface area contributed by atoms with Gasteiger partial charge in [-0.05, 0) is 20.3 Å². The van der Waals surface area contributed by atoms with Gasteiger partial charge in [0.2, 0.25) is 0 Å². The second-order valence-corrected chi connectivity index (χ2v) is 6.80. The Morgan fingerprint density at radius 1 is 1.42 bits per heavy atom.